The van der Waals surface area contributed by atoms with E-state index in [4.69, 9.17) is 16.3 Å². The van der Waals surface area contributed by atoms with E-state index < -0.39 is 6.10 Å². The average Bonchev–Trinajstić information content (AvgIpc) is 2.51. The third-order valence-electron chi connectivity index (χ3n) is 3.10. The molecule has 112 valence electrons. The molecule has 0 amide bonds. The van der Waals surface area contributed by atoms with Gasteiger partial charge in [0.1, 0.15) is 18.5 Å². The van der Waals surface area contributed by atoms with Gasteiger partial charge >= 0.3 is 0 Å². The third kappa shape index (κ3) is 5.34. The Hall–Kier alpha value is -1.62. The van der Waals surface area contributed by atoms with Crippen molar-refractivity contribution in [2.24, 2.45) is 0 Å². The smallest absolute Gasteiger partial charge is 0.120 e. The number of benzene rings is 1. The van der Waals surface area contributed by atoms with Crippen molar-refractivity contribution >= 4 is 11.6 Å². The van der Waals surface area contributed by atoms with Crippen LogP contribution in [0.25, 0.3) is 0 Å². The van der Waals surface area contributed by atoms with Gasteiger partial charge in [-0.3, -0.25) is 4.98 Å². The number of pyridine rings is 1. The molecule has 21 heavy (non-hydrogen) atoms. The number of aliphatic hydroxyl groups excluding tert-OH is 1. The predicted molar refractivity (Wildman–Crippen MR) is 83.6 cm³/mol. The SMILES string of the molecule is C[C@@H](NCC(O)COc1cccc(Cl)c1)c1ccncc1. The molecule has 0 saturated heterocycles. The Morgan fingerprint density at radius 3 is 2.76 bits per heavy atom. The molecule has 0 bridgehead atoms. The highest BCUT2D eigenvalue weighted by molar-refractivity contribution is 6.30. The van der Waals surface area contributed by atoms with Crippen molar-refractivity contribution < 1.29 is 9.84 Å². The number of aliphatic hydroxyl groups is 1. The van der Waals surface area contributed by atoms with E-state index in [9.17, 15) is 5.11 Å². The van der Waals surface area contributed by atoms with Crippen molar-refractivity contribution in [3.05, 3.63) is 59.4 Å². The molecule has 0 fully saturated rings. The molecule has 2 aromatic rings. The molecule has 0 saturated carbocycles. The van der Waals surface area contributed by atoms with Gasteiger partial charge in [0.25, 0.3) is 0 Å². The zero-order chi connectivity index (χ0) is 15.1. The number of hydrogen-bond acceptors (Lipinski definition) is 4. The van der Waals surface area contributed by atoms with Crippen LogP contribution in [0.1, 0.15) is 18.5 Å². The summed E-state index contributed by atoms with van der Waals surface area (Å²) in [7, 11) is 0. The molecular weight excluding hydrogens is 288 g/mol. The molecule has 2 N–H and O–H groups in total. The van der Waals surface area contributed by atoms with Gasteiger partial charge in [0.15, 0.2) is 0 Å². The Morgan fingerprint density at radius 1 is 1.29 bits per heavy atom. The molecule has 2 rings (SSSR count). The Labute approximate surface area is 129 Å². The summed E-state index contributed by atoms with van der Waals surface area (Å²) in [5.41, 5.74) is 1.13. The molecule has 1 aromatic carbocycles. The Bertz CT molecular complexity index is 551. The first kappa shape index (κ1) is 15.8. The summed E-state index contributed by atoms with van der Waals surface area (Å²) in [6.45, 7) is 2.71. The molecule has 2 atom stereocenters. The maximum atomic E-state index is 9.94. The van der Waals surface area contributed by atoms with Crippen molar-refractivity contribution in [2.45, 2.75) is 19.1 Å². The lowest BCUT2D eigenvalue weighted by molar-refractivity contribution is 0.104. The lowest BCUT2D eigenvalue weighted by Crippen LogP contribution is -2.33. The van der Waals surface area contributed by atoms with Gasteiger partial charge < -0.3 is 15.2 Å². The zero-order valence-corrected chi connectivity index (χ0v) is 12.6. The fourth-order valence-corrected chi connectivity index (χ4v) is 2.07. The van der Waals surface area contributed by atoms with E-state index in [0.717, 1.165) is 5.56 Å². The number of rotatable bonds is 7. The predicted octanol–water partition coefficient (Wildman–Crippen LogP) is 2.83. The van der Waals surface area contributed by atoms with Gasteiger partial charge in [-0.15, -0.1) is 0 Å². The van der Waals surface area contributed by atoms with Gasteiger partial charge in [-0.1, -0.05) is 17.7 Å². The van der Waals surface area contributed by atoms with Crippen LogP contribution in [0.2, 0.25) is 5.02 Å². The first-order chi connectivity index (χ1) is 10.1. The summed E-state index contributed by atoms with van der Waals surface area (Å²) >= 11 is 5.87. The molecule has 1 aromatic heterocycles. The summed E-state index contributed by atoms with van der Waals surface area (Å²) in [5, 5.41) is 13.8. The standard InChI is InChI=1S/C16H19ClN2O2/c1-12(13-5-7-18-8-6-13)19-10-15(20)11-21-16-4-2-3-14(17)9-16/h2-9,12,15,19-20H,10-11H2,1H3/t12-,15?/m1/s1. The minimum absolute atomic E-state index is 0.147. The van der Waals surface area contributed by atoms with E-state index in [0.29, 0.717) is 17.3 Å². The van der Waals surface area contributed by atoms with Crippen molar-refractivity contribution in [3.8, 4) is 5.75 Å². The molecule has 0 spiro atoms. The van der Waals surface area contributed by atoms with Gasteiger partial charge in [0.05, 0.1) is 0 Å². The highest BCUT2D eigenvalue weighted by atomic mass is 35.5. The van der Waals surface area contributed by atoms with Crippen LogP contribution in [-0.4, -0.2) is 29.3 Å². The van der Waals surface area contributed by atoms with E-state index in [-0.39, 0.29) is 12.6 Å². The molecule has 0 radical (unpaired) electrons. The highest BCUT2D eigenvalue weighted by Gasteiger charge is 2.09. The minimum Gasteiger partial charge on any atom is -0.491 e. The quantitative estimate of drug-likeness (QED) is 0.826. The molecule has 0 aliphatic carbocycles. The van der Waals surface area contributed by atoms with Crippen LogP contribution >= 0.6 is 11.6 Å². The van der Waals surface area contributed by atoms with E-state index in [1.54, 1.807) is 24.5 Å². The molecule has 4 nitrogen and oxygen atoms in total. The zero-order valence-electron chi connectivity index (χ0n) is 11.9. The molecule has 0 aliphatic rings. The van der Waals surface area contributed by atoms with Crippen LogP contribution in [0.3, 0.4) is 0 Å². The number of ether oxygens (including phenoxy) is 1. The summed E-state index contributed by atoms with van der Waals surface area (Å²) < 4.78 is 5.50. The molecule has 5 heteroatoms. The van der Waals surface area contributed by atoms with Crippen LogP contribution in [-0.2, 0) is 0 Å². The number of hydrogen-bond donors (Lipinski definition) is 2. The monoisotopic (exact) mass is 306 g/mol. The Morgan fingerprint density at radius 2 is 2.05 bits per heavy atom. The van der Waals surface area contributed by atoms with Gasteiger partial charge in [0.2, 0.25) is 0 Å². The number of aromatic nitrogens is 1. The van der Waals surface area contributed by atoms with Crippen LogP contribution in [0.4, 0.5) is 0 Å². The van der Waals surface area contributed by atoms with Crippen molar-refractivity contribution in [3.63, 3.8) is 0 Å². The summed E-state index contributed by atoms with van der Waals surface area (Å²) in [4.78, 5) is 3.99. The summed E-state index contributed by atoms with van der Waals surface area (Å²) in [5.74, 6) is 0.656. The molecule has 0 aliphatic heterocycles. The topological polar surface area (TPSA) is 54.4 Å². The maximum absolute atomic E-state index is 9.94. The van der Waals surface area contributed by atoms with E-state index in [1.165, 1.54) is 0 Å². The normalized spacial score (nSPS) is 13.7. The van der Waals surface area contributed by atoms with Gasteiger partial charge in [0, 0.05) is 30.0 Å². The first-order valence-corrected chi connectivity index (χ1v) is 7.22. The lowest BCUT2D eigenvalue weighted by atomic mass is 10.1. The second-order valence-electron chi connectivity index (χ2n) is 4.83. The van der Waals surface area contributed by atoms with Crippen LogP contribution in [0, 0.1) is 0 Å². The number of halogens is 1. The van der Waals surface area contributed by atoms with Crippen molar-refractivity contribution in [1.29, 1.82) is 0 Å². The largest absolute Gasteiger partial charge is 0.491 e. The van der Waals surface area contributed by atoms with Crippen LogP contribution in [0.5, 0.6) is 5.75 Å². The Balaban J connectivity index is 1.73. The summed E-state index contributed by atoms with van der Waals surface area (Å²) in [6.07, 6.45) is 2.92. The second kappa shape index (κ2) is 7.98. The van der Waals surface area contributed by atoms with Gasteiger partial charge in [-0.25, -0.2) is 0 Å². The molecule has 1 unspecified atom stereocenters. The second-order valence-corrected chi connectivity index (χ2v) is 5.27. The summed E-state index contributed by atoms with van der Waals surface area (Å²) in [6, 6.07) is 11.2. The van der Waals surface area contributed by atoms with Crippen LogP contribution in [0.15, 0.2) is 48.8 Å². The van der Waals surface area contributed by atoms with E-state index in [2.05, 4.69) is 10.3 Å². The maximum Gasteiger partial charge on any atom is 0.120 e. The van der Waals surface area contributed by atoms with Gasteiger partial charge in [-0.2, -0.15) is 0 Å². The highest BCUT2D eigenvalue weighted by Crippen LogP contribution is 2.17. The molecule has 1 heterocycles. The minimum atomic E-state index is -0.590. The molecular formula is C16H19ClN2O2. The van der Waals surface area contributed by atoms with Gasteiger partial charge in [-0.05, 0) is 42.8 Å². The number of nitrogens with zero attached hydrogens (tertiary/aromatic N) is 1. The number of nitrogens with one attached hydrogen (secondary N) is 1. The Kier molecular flexibility index (Phi) is 5.99. The average molecular weight is 307 g/mol. The van der Waals surface area contributed by atoms with Crippen molar-refractivity contribution in [1.82, 2.24) is 10.3 Å². The fourth-order valence-electron chi connectivity index (χ4n) is 1.89. The first-order valence-electron chi connectivity index (χ1n) is 6.85. The van der Waals surface area contributed by atoms with Crippen LogP contribution < -0.4 is 10.1 Å². The fraction of sp³-hybridized carbons (Fsp3) is 0.312. The lowest BCUT2D eigenvalue weighted by Gasteiger charge is -2.18. The van der Waals surface area contributed by atoms with Crippen molar-refractivity contribution in [2.75, 3.05) is 13.2 Å². The van der Waals surface area contributed by atoms with E-state index in [1.807, 2.05) is 31.2 Å². The van der Waals surface area contributed by atoms with E-state index >= 15 is 0 Å². The third-order valence-corrected chi connectivity index (χ3v) is 3.34.